The summed E-state index contributed by atoms with van der Waals surface area (Å²) in [4.78, 5) is 12.2. The second kappa shape index (κ2) is 5.52. The van der Waals surface area contributed by atoms with Gasteiger partial charge < -0.3 is 10.6 Å². The van der Waals surface area contributed by atoms with E-state index in [4.69, 9.17) is 0 Å². The summed E-state index contributed by atoms with van der Waals surface area (Å²) in [6, 6.07) is 2.07. The van der Waals surface area contributed by atoms with Crippen molar-refractivity contribution >= 4 is 5.91 Å². The predicted octanol–water partition coefficient (Wildman–Crippen LogP) is 0.710. The molecule has 2 heterocycles. The van der Waals surface area contributed by atoms with Gasteiger partial charge in [0.15, 0.2) is 0 Å². The molecule has 1 aromatic rings. The van der Waals surface area contributed by atoms with Gasteiger partial charge >= 0.3 is 0 Å². The lowest BCUT2D eigenvalue weighted by molar-refractivity contribution is 0.0919. The molecule has 100 valence electrons. The molecular weight excluding hydrogens is 228 g/mol. The van der Waals surface area contributed by atoms with Gasteiger partial charge in [-0.15, -0.1) is 0 Å². The highest BCUT2D eigenvalue weighted by Crippen LogP contribution is 2.13. The van der Waals surface area contributed by atoms with Crippen LogP contribution in [0, 0.1) is 5.92 Å². The summed E-state index contributed by atoms with van der Waals surface area (Å²) < 4.78 is 1.66. The van der Waals surface area contributed by atoms with Crippen LogP contribution in [0.4, 0.5) is 0 Å². The number of aromatic nitrogens is 2. The molecule has 0 saturated carbocycles. The molecule has 2 rings (SSSR count). The summed E-state index contributed by atoms with van der Waals surface area (Å²) in [5, 5.41) is 10.7. The molecule has 0 aliphatic carbocycles. The fourth-order valence-corrected chi connectivity index (χ4v) is 2.41. The van der Waals surface area contributed by atoms with E-state index in [2.05, 4.69) is 22.7 Å². The average molecular weight is 250 g/mol. The summed E-state index contributed by atoms with van der Waals surface area (Å²) in [5.74, 6) is 0.511. The van der Waals surface area contributed by atoms with E-state index in [1.54, 1.807) is 4.68 Å². The first-order valence-corrected chi connectivity index (χ1v) is 6.66. The van der Waals surface area contributed by atoms with Crippen molar-refractivity contribution < 1.29 is 4.79 Å². The monoisotopic (exact) mass is 250 g/mol. The summed E-state index contributed by atoms with van der Waals surface area (Å²) >= 11 is 0. The van der Waals surface area contributed by atoms with Gasteiger partial charge in [-0.1, -0.05) is 6.92 Å². The molecule has 0 bridgehead atoms. The number of amides is 1. The van der Waals surface area contributed by atoms with Crippen LogP contribution in [0.3, 0.4) is 0 Å². The molecule has 2 N–H and O–H groups in total. The first-order valence-electron chi connectivity index (χ1n) is 6.66. The Bertz CT molecular complexity index is 421. The third-order valence-electron chi connectivity index (χ3n) is 3.69. The zero-order valence-corrected chi connectivity index (χ0v) is 11.4. The fraction of sp³-hybridized carbons (Fsp3) is 0.692. The Kier molecular flexibility index (Phi) is 4.01. The number of nitrogens with one attached hydrogen (secondary N) is 2. The Balaban J connectivity index is 1.99. The van der Waals surface area contributed by atoms with Crippen LogP contribution in [0.5, 0.6) is 0 Å². The SMILES string of the molecule is CCc1cc(C(=O)NC(C)C2CCNC2)n(C)n1. The number of aryl methyl sites for hydroxylation is 2. The molecule has 1 fully saturated rings. The molecule has 0 spiro atoms. The maximum Gasteiger partial charge on any atom is 0.269 e. The normalized spacial score (nSPS) is 20.9. The number of hydrogen-bond donors (Lipinski definition) is 2. The Morgan fingerprint density at radius 3 is 3.06 bits per heavy atom. The van der Waals surface area contributed by atoms with E-state index in [0.29, 0.717) is 11.6 Å². The van der Waals surface area contributed by atoms with Crippen molar-refractivity contribution in [3.63, 3.8) is 0 Å². The molecule has 5 nitrogen and oxygen atoms in total. The highest BCUT2D eigenvalue weighted by atomic mass is 16.2. The number of carbonyl (C=O) groups excluding carboxylic acids is 1. The van der Waals surface area contributed by atoms with E-state index in [0.717, 1.165) is 31.6 Å². The van der Waals surface area contributed by atoms with Gasteiger partial charge in [0.1, 0.15) is 5.69 Å². The lowest BCUT2D eigenvalue weighted by atomic mass is 10.0. The van der Waals surface area contributed by atoms with E-state index >= 15 is 0 Å². The van der Waals surface area contributed by atoms with Gasteiger partial charge in [-0.3, -0.25) is 9.48 Å². The number of hydrogen-bond acceptors (Lipinski definition) is 3. The van der Waals surface area contributed by atoms with Crippen molar-refractivity contribution in [1.29, 1.82) is 0 Å². The summed E-state index contributed by atoms with van der Waals surface area (Å²) in [7, 11) is 1.82. The van der Waals surface area contributed by atoms with Crippen molar-refractivity contribution in [3.05, 3.63) is 17.5 Å². The van der Waals surface area contributed by atoms with Crippen LogP contribution >= 0.6 is 0 Å². The average Bonchev–Trinajstić information content (AvgIpc) is 2.97. The topological polar surface area (TPSA) is 59.0 Å². The van der Waals surface area contributed by atoms with E-state index in [-0.39, 0.29) is 11.9 Å². The predicted molar refractivity (Wildman–Crippen MR) is 70.5 cm³/mol. The Hall–Kier alpha value is -1.36. The molecule has 1 aliphatic rings. The molecule has 0 aromatic carbocycles. The van der Waals surface area contributed by atoms with Crippen LogP contribution < -0.4 is 10.6 Å². The van der Waals surface area contributed by atoms with Crippen molar-refractivity contribution in [2.75, 3.05) is 13.1 Å². The Morgan fingerprint density at radius 1 is 1.72 bits per heavy atom. The molecule has 1 aliphatic heterocycles. The molecule has 1 amide bonds. The minimum atomic E-state index is -0.0240. The molecule has 1 saturated heterocycles. The van der Waals surface area contributed by atoms with E-state index in [1.165, 1.54) is 0 Å². The van der Waals surface area contributed by atoms with Gasteiger partial charge in [0.25, 0.3) is 5.91 Å². The van der Waals surface area contributed by atoms with Crippen LogP contribution in [-0.2, 0) is 13.5 Å². The summed E-state index contributed by atoms with van der Waals surface area (Å²) in [6.45, 7) is 6.16. The number of carbonyl (C=O) groups is 1. The molecular formula is C13H22N4O. The zero-order chi connectivity index (χ0) is 13.1. The summed E-state index contributed by atoms with van der Waals surface area (Å²) in [6.07, 6.45) is 1.98. The molecule has 5 heteroatoms. The van der Waals surface area contributed by atoms with Gasteiger partial charge in [0.2, 0.25) is 0 Å². The Morgan fingerprint density at radius 2 is 2.50 bits per heavy atom. The van der Waals surface area contributed by atoms with Crippen molar-refractivity contribution in [1.82, 2.24) is 20.4 Å². The quantitative estimate of drug-likeness (QED) is 0.827. The molecule has 0 radical (unpaired) electrons. The van der Waals surface area contributed by atoms with Gasteiger partial charge in [0, 0.05) is 13.1 Å². The Labute approximate surface area is 108 Å². The third-order valence-corrected chi connectivity index (χ3v) is 3.69. The fourth-order valence-electron chi connectivity index (χ4n) is 2.41. The van der Waals surface area contributed by atoms with E-state index < -0.39 is 0 Å². The first-order chi connectivity index (χ1) is 8.61. The minimum Gasteiger partial charge on any atom is -0.348 e. The lowest BCUT2D eigenvalue weighted by Gasteiger charge is -2.19. The molecule has 1 aromatic heterocycles. The van der Waals surface area contributed by atoms with E-state index in [9.17, 15) is 4.79 Å². The minimum absolute atomic E-state index is 0.0240. The molecule has 2 atom stereocenters. The summed E-state index contributed by atoms with van der Waals surface area (Å²) in [5.41, 5.74) is 1.60. The first kappa shape index (κ1) is 13.1. The maximum absolute atomic E-state index is 12.2. The van der Waals surface area contributed by atoms with Crippen LogP contribution in [0.25, 0.3) is 0 Å². The largest absolute Gasteiger partial charge is 0.348 e. The smallest absolute Gasteiger partial charge is 0.269 e. The van der Waals surface area contributed by atoms with Crippen molar-refractivity contribution in [2.45, 2.75) is 32.7 Å². The lowest BCUT2D eigenvalue weighted by Crippen LogP contribution is -2.39. The van der Waals surface area contributed by atoms with Gasteiger partial charge in [0.05, 0.1) is 5.69 Å². The highest BCUT2D eigenvalue weighted by molar-refractivity contribution is 5.92. The second-order valence-electron chi connectivity index (χ2n) is 5.01. The number of nitrogens with zero attached hydrogens (tertiary/aromatic N) is 2. The zero-order valence-electron chi connectivity index (χ0n) is 11.4. The second-order valence-corrected chi connectivity index (χ2v) is 5.01. The van der Waals surface area contributed by atoms with Gasteiger partial charge in [-0.05, 0) is 44.8 Å². The van der Waals surface area contributed by atoms with E-state index in [1.807, 2.05) is 20.0 Å². The van der Waals surface area contributed by atoms with Crippen LogP contribution in [0.1, 0.15) is 36.5 Å². The highest BCUT2D eigenvalue weighted by Gasteiger charge is 2.23. The maximum atomic E-state index is 12.2. The van der Waals surface area contributed by atoms with Gasteiger partial charge in [-0.25, -0.2) is 0 Å². The van der Waals surface area contributed by atoms with Gasteiger partial charge in [-0.2, -0.15) is 5.10 Å². The standard InChI is InChI=1S/C13H22N4O/c1-4-11-7-12(17(3)16-11)13(18)15-9(2)10-5-6-14-8-10/h7,9-10,14H,4-6,8H2,1-3H3,(H,15,18). The van der Waals surface area contributed by atoms with Crippen molar-refractivity contribution in [3.8, 4) is 0 Å². The molecule has 2 unspecified atom stereocenters. The van der Waals surface area contributed by atoms with Crippen LogP contribution in [0.15, 0.2) is 6.07 Å². The van der Waals surface area contributed by atoms with Crippen LogP contribution in [0.2, 0.25) is 0 Å². The third kappa shape index (κ3) is 2.72. The molecule has 18 heavy (non-hydrogen) atoms. The van der Waals surface area contributed by atoms with Crippen molar-refractivity contribution in [2.24, 2.45) is 13.0 Å². The van der Waals surface area contributed by atoms with Crippen LogP contribution in [-0.4, -0.2) is 34.8 Å². The number of rotatable bonds is 4.